The van der Waals surface area contributed by atoms with Gasteiger partial charge in [0.15, 0.2) is 6.68 Å². The van der Waals surface area contributed by atoms with Crippen LogP contribution in [-0.4, -0.2) is 36.3 Å². The first-order valence-electron chi connectivity index (χ1n) is 4.55. The first kappa shape index (κ1) is 22.4. The maximum absolute atomic E-state index is 9.58. The molecule has 1 aliphatic rings. The second-order valence-electron chi connectivity index (χ2n) is 2.61. The second-order valence-corrected chi connectivity index (χ2v) is 2.61. The number of ether oxygens (including phenoxy) is 1. The summed E-state index contributed by atoms with van der Waals surface area (Å²) in [7, 11) is 0. The molecule has 0 spiro atoms. The summed E-state index contributed by atoms with van der Waals surface area (Å²) in [6.45, 7) is -1.08. The minimum atomic E-state index is -3.08. The Bertz CT molecular complexity index is 174. The molecule has 1 heterocycles. The van der Waals surface area contributed by atoms with Crippen molar-refractivity contribution in [1.82, 2.24) is 0 Å². The van der Waals surface area contributed by atoms with Gasteiger partial charge in [-0.25, -0.2) is 0 Å². The summed E-state index contributed by atoms with van der Waals surface area (Å²) in [4.78, 5) is 0. The Morgan fingerprint density at radius 1 is 0.941 bits per heavy atom. The first-order chi connectivity index (χ1) is 7.23. The van der Waals surface area contributed by atoms with E-state index in [1.807, 2.05) is 30.3 Å². The number of benzene rings is 1. The zero-order valence-corrected chi connectivity index (χ0v) is 12.5. The van der Waals surface area contributed by atoms with E-state index in [9.17, 15) is 13.2 Å². The maximum atomic E-state index is 9.58. The fourth-order valence-electron chi connectivity index (χ4n) is 0.852. The van der Waals surface area contributed by atoms with Crippen molar-refractivity contribution in [2.45, 2.75) is 12.8 Å². The van der Waals surface area contributed by atoms with E-state index in [0.717, 1.165) is 13.2 Å². The van der Waals surface area contributed by atoms with Crippen LogP contribution in [-0.2, 0) is 4.74 Å². The molecule has 0 amide bonds. The van der Waals surface area contributed by atoms with E-state index in [0.29, 0.717) is 0 Å². The molecular weight excluding hydrogens is 309 g/mol. The first-order valence-corrected chi connectivity index (χ1v) is 4.55. The van der Waals surface area contributed by atoms with Gasteiger partial charge in [0.2, 0.25) is 0 Å². The largest absolute Gasteiger partial charge is 2.00 e. The Labute approximate surface area is 127 Å². The molecule has 6 heteroatoms. The zero-order valence-electron chi connectivity index (χ0n) is 9.37. The summed E-state index contributed by atoms with van der Waals surface area (Å²) in [6.07, 6.45) is 2.56. The minimum Gasteiger partial charge on any atom is -0.385 e. The number of hydrogen-bond donors (Lipinski definition) is 0. The molecule has 17 heavy (non-hydrogen) atoms. The van der Waals surface area contributed by atoms with Gasteiger partial charge >= 0.3 is 23.1 Å². The number of halogens is 4. The summed E-state index contributed by atoms with van der Waals surface area (Å²) in [5.41, 5.74) is 0. The molecule has 1 aromatic rings. The molecule has 0 unspecified atom stereocenters. The van der Waals surface area contributed by atoms with Gasteiger partial charge in [0, 0.05) is 13.2 Å². The quantitative estimate of drug-likeness (QED) is 0.521. The molecule has 94 valence electrons. The number of hydrogen-bond acceptors (Lipinski definition) is 1. The molecule has 0 aromatic heterocycles. The minimum absolute atomic E-state index is 0. The van der Waals surface area contributed by atoms with Gasteiger partial charge < -0.3 is 17.9 Å². The fraction of sp³-hybridized carbons (Fsp3) is 0.364. The van der Waals surface area contributed by atoms with Crippen LogP contribution in [0, 0.1) is 12.7 Å². The monoisotopic (exact) mass is 322 g/mol. The fourth-order valence-corrected chi connectivity index (χ4v) is 0.852. The third kappa shape index (κ3) is 26.1. The maximum Gasteiger partial charge on any atom is 2.00 e. The van der Waals surface area contributed by atoms with Crippen molar-refractivity contribution in [3.05, 3.63) is 43.1 Å². The van der Waals surface area contributed by atoms with E-state index >= 15 is 0 Å². The second kappa shape index (κ2) is 18.6. The SMILES string of the molecule is Br.C1CCOC1.F[C-](F)F.[Mg+2].[c-]1ccccc1. The molecule has 0 atom stereocenters. The molecule has 0 radical (unpaired) electrons. The van der Waals surface area contributed by atoms with Crippen molar-refractivity contribution in [2.24, 2.45) is 0 Å². The van der Waals surface area contributed by atoms with Crippen molar-refractivity contribution >= 4 is 40.0 Å². The summed E-state index contributed by atoms with van der Waals surface area (Å²) in [6, 6.07) is 12.5. The van der Waals surface area contributed by atoms with Crippen molar-refractivity contribution in [3.63, 3.8) is 0 Å². The van der Waals surface area contributed by atoms with Gasteiger partial charge in [0.1, 0.15) is 0 Å². The number of rotatable bonds is 0. The van der Waals surface area contributed by atoms with Crippen LogP contribution >= 0.6 is 17.0 Å². The van der Waals surface area contributed by atoms with Crippen molar-refractivity contribution in [1.29, 1.82) is 0 Å². The summed E-state index contributed by atoms with van der Waals surface area (Å²) >= 11 is 0. The molecule has 1 saturated heterocycles. The van der Waals surface area contributed by atoms with Gasteiger partial charge in [-0.3, -0.25) is 0 Å². The van der Waals surface area contributed by atoms with Gasteiger partial charge in [-0.1, -0.05) is 0 Å². The van der Waals surface area contributed by atoms with E-state index in [4.69, 9.17) is 4.74 Å². The van der Waals surface area contributed by atoms with Crippen molar-refractivity contribution in [2.75, 3.05) is 13.2 Å². The Hall–Kier alpha value is 0.216. The summed E-state index contributed by atoms with van der Waals surface area (Å²) in [5.74, 6) is 0. The Kier molecular flexibility index (Phi) is 24.5. The van der Waals surface area contributed by atoms with Crippen molar-refractivity contribution in [3.8, 4) is 0 Å². The Morgan fingerprint density at radius 2 is 1.35 bits per heavy atom. The Morgan fingerprint density at radius 3 is 1.47 bits per heavy atom. The van der Waals surface area contributed by atoms with Gasteiger partial charge in [-0.15, -0.1) is 17.0 Å². The zero-order chi connectivity index (χ0) is 11.4. The van der Waals surface area contributed by atoms with Crippen LogP contribution in [0.5, 0.6) is 0 Å². The van der Waals surface area contributed by atoms with E-state index in [1.165, 1.54) is 12.8 Å². The van der Waals surface area contributed by atoms with Crippen LogP contribution in [0.15, 0.2) is 30.3 Å². The van der Waals surface area contributed by atoms with Crippen LogP contribution < -0.4 is 0 Å². The standard InChI is InChI=1S/C6H5.C4H8O.CF3.BrH.Mg/c1-2-4-6-5-3-1;1-2-4-5-3-1;2-1(3)4;;/h1-5H;1-4H2;;1H;/q-1;;-1;;+2. The predicted molar refractivity (Wildman–Crippen MR) is 68.0 cm³/mol. The molecule has 1 aliphatic heterocycles. The van der Waals surface area contributed by atoms with E-state index < -0.39 is 6.68 Å². The average molecular weight is 323 g/mol. The molecule has 2 rings (SSSR count). The van der Waals surface area contributed by atoms with Crippen LogP contribution in [0.25, 0.3) is 0 Å². The van der Waals surface area contributed by atoms with Gasteiger partial charge in [-0.05, 0) is 12.8 Å². The third-order valence-corrected chi connectivity index (χ3v) is 1.43. The topological polar surface area (TPSA) is 9.23 Å². The van der Waals surface area contributed by atoms with E-state index in [1.54, 1.807) is 0 Å². The molecule has 0 aliphatic carbocycles. The molecule has 0 bridgehead atoms. The molecule has 1 nitrogen and oxygen atoms in total. The van der Waals surface area contributed by atoms with Gasteiger partial charge in [0.05, 0.1) is 0 Å². The van der Waals surface area contributed by atoms with E-state index in [2.05, 4.69) is 6.07 Å². The van der Waals surface area contributed by atoms with Crippen LogP contribution in [0.2, 0.25) is 0 Å². The summed E-state index contributed by atoms with van der Waals surface area (Å²) < 4.78 is 33.7. The van der Waals surface area contributed by atoms with Crippen molar-refractivity contribution < 1.29 is 17.9 Å². The smallest absolute Gasteiger partial charge is 0.385 e. The molecule has 0 N–H and O–H groups in total. The van der Waals surface area contributed by atoms with Crippen LogP contribution in [0.1, 0.15) is 12.8 Å². The third-order valence-electron chi connectivity index (χ3n) is 1.43. The molecule has 0 saturated carbocycles. The van der Waals surface area contributed by atoms with Crippen LogP contribution in [0.4, 0.5) is 13.2 Å². The summed E-state index contributed by atoms with van der Waals surface area (Å²) in [5, 5.41) is 0. The predicted octanol–water partition coefficient (Wildman–Crippen LogP) is 3.82. The van der Waals surface area contributed by atoms with Crippen LogP contribution in [0.3, 0.4) is 0 Å². The van der Waals surface area contributed by atoms with E-state index in [-0.39, 0.29) is 40.0 Å². The van der Waals surface area contributed by atoms with Gasteiger partial charge in [0.25, 0.3) is 0 Å². The Balaban J connectivity index is -0.000000167. The average Bonchev–Trinajstić information content (AvgIpc) is 2.77. The molecule has 1 fully saturated rings. The molecular formula is C11H14BrF3MgO. The normalized spacial score (nSPS) is 12.0. The molecule has 1 aromatic carbocycles. The van der Waals surface area contributed by atoms with Gasteiger partial charge in [-0.2, -0.15) is 36.4 Å².